The second-order valence-electron chi connectivity index (χ2n) is 7.91. The minimum absolute atomic E-state index is 0. The SMILES string of the molecule is CCNC(=NCc1ccc(-n2nc(C)cc2C)nc1)NCCNC(=O)OC(C)(C)C.I. The summed E-state index contributed by atoms with van der Waals surface area (Å²) in [7, 11) is 0. The van der Waals surface area contributed by atoms with Crippen LogP contribution in [0.4, 0.5) is 4.79 Å². The Bertz CT molecular complexity index is 858. The predicted octanol–water partition coefficient (Wildman–Crippen LogP) is 3.08. The lowest BCUT2D eigenvalue weighted by Crippen LogP contribution is -2.42. The van der Waals surface area contributed by atoms with Gasteiger partial charge in [-0.2, -0.15) is 5.10 Å². The van der Waals surface area contributed by atoms with E-state index in [1.54, 1.807) is 0 Å². The van der Waals surface area contributed by atoms with Crippen molar-refractivity contribution >= 4 is 36.0 Å². The average molecular weight is 543 g/mol. The molecule has 1 amide bonds. The molecule has 0 atom stereocenters. The number of aliphatic imine (C=N–C) groups is 1. The summed E-state index contributed by atoms with van der Waals surface area (Å²) in [5.41, 5.74) is 2.49. The Morgan fingerprint density at radius 1 is 1.16 bits per heavy atom. The summed E-state index contributed by atoms with van der Waals surface area (Å²) in [6, 6.07) is 5.96. The van der Waals surface area contributed by atoms with Gasteiger partial charge < -0.3 is 20.7 Å². The van der Waals surface area contributed by atoms with Crippen molar-refractivity contribution in [3.63, 3.8) is 0 Å². The number of pyridine rings is 1. The molecule has 2 rings (SSSR count). The monoisotopic (exact) mass is 543 g/mol. The topological polar surface area (TPSA) is 105 Å². The van der Waals surface area contributed by atoms with Crippen LogP contribution in [-0.2, 0) is 11.3 Å². The lowest BCUT2D eigenvalue weighted by molar-refractivity contribution is 0.0529. The fourth-order valence-electron chi connectivity index (χ4n) is 2.67. The summed E-state index contributed by atoms with van der Waals surface area (Å²) in [4.78, 5) is 20.7. The minimum atomic E-state index is -0.508. The van der Waals surface area contributed by atoms with Crippen LogP contribution in [0, 0.1) is 13.8 Å². The van der Waals surface area contributed by atoms with E-state index >= 15 is 0 Å². The standard InChI is InChI=1S/C21H33N7O2.HI/c1-7-22-19(23-10-11-24-20(29)30-21(4,5)6)26-14-17-8-9-18(25-13-17)28-16(3)12-15(2)27-28;/h8-9,12-13H,7,10-11,14H2,1-6H3,(H,24,29)(H2,22,23,26);1H. The first-order valence-corrected chi connectivity index (χ1v) is 10.2. The molecule has 0 radical (unpaired) electrons. The van der Waals surface area contributed by atoms with E-state index in [4.69, 9.17) is 4.74 Å². The van der Waals surface area contributed by atoms with Crippen LogP contribution < -0.4 is 16.0 Å². The average Bonchev–Trinajstić information content (AvgIpc) is 3.00. The molecule has 0 aliphatic heterocycles. The van der Waals surface area contributed by atoms with E-state index in [-0.39, 0.29) is 24.0 Å². The van der Waals surface area contributed by atoms with Crippen LogP contribution in [0.1, 0.15) is 44.6 Å². The van der Waals surface area contributed by atoms with Crippen molar-refractivity contribution in [2.24, 2.45) is 4.99 Å². The maximum Gasteiger partial charge on any atom is 0.407 e. The number of rotatable bonds is 7. The maximum absolute atomic E-state index is 11.7. The van der Waals surface area contributed by atoms with Gasteiger partial charge in [0, 0.05) is 31.5 Å². The smallest absolute Gasteiger partial charge is 0.407 e. The summed E-state index contributed by atoms with van der Waals surface area (Å²) in [5.74, 6) is 1.46. The molecule has 9 nitrogen and oxygen atoms in total. The number of guanidine groups is 1. The quantitative estimate of drug-likeness (QED) is 0.215. The van der Waals surface area contributed by atoms with Gasteiger partial charge in [0.2, 0.25) is 0 Å². The lowest BCUT2D eigenvalue weighted by Gasteiger charge is -2.19. The first kappa shape index (κ1) is 26.7. The van der Waals surface area contributed by atoms with E-state index < -0.39 is 11.7 Å². The Balaban J connectivity index is 0.00000480. The van der Waals surface area contributed by atoms with Crippen LogP contribution in [0.15, 0.2) is 29.4 Å². The highest BCUT2D eigenvalue weighted by molar-refractivity contribution is 14.0. The van der Waals surface area contributed by atoms with Gasteiger partial charge in [0.1, 0.15) is 5.60 Å². The predicted molar refractivity (Wildman–Crippen MR) is 133 cm³/mol. The van der Waals surface area contributed by atoms with E-state index in [9.17, 15) is 4.79 Å². The van der Waals surface area contributed by atoms with Crippen molar-refractivity contribution in [2.45, 2.75) is 53.7 Å². The van der Waals surface area contributed by atoms with Crippen LogP contribution in [0.3, 0.4) is 0 Å². The molecule has 2 heterocycles. The summed E-state index contributed by atoms with van der Waals surface area (Å²) >= 11 is 0. The molecule has 2 aromatic rings. The van der Waals surface area contributed by atoms with Gasteiger partial charge in [0.25, 0.3) is 0 Å². The molecule has 0 fully saturated rings. The van der Waals surface area contributed by atoms with Crippen molar-refractivity contribution in [1.29, 1.82) is 0 Å². The van der Waals surface area contributed by atoms with Crippen molar-refractivity contribution in [3.8, 4) is 5.82 Å². The number of hydrogen-bond donors (Lipinski definition) is 3. The lowest BCUT2D eigenvalue weighted by atomic mass is 10.2. The molecule has 0 saturated carbocycles. The zero-order valence-electron chi connectivity index (χ0n) is 19.2. The van der Waals surface area contributed by atoms with Gasteiger partial charge in [0.15, 0.2) is 11.8 Å². The fourth-order valence-corrected chi connectivity index (χ4v) is 2.67. The van der Waals surface area contributed by atoms with Crippen LogP contribution in [-0.4, -0.2) is 52.1 Å². The van der Waals surface area contributed by atoms with Crippen LogP contribution in [0.5, 0.6) is 0 Å². The highest BCUT2D eigenvalue weighted by atomic mass is 127. The van der Waals surface area contributed by atoms with Crippen molar-refractivity contribution in [3.05, 3.63) is 41.3 Å². The van der Waals surface area contributed by atoms with Gasteiger partial charge >= 0.3 is 6.09 Å². The van der Waals surface area contributed by atoms with Crippen LogP contribution >= 0.6 is 24.0 Å². The van der Waals surface area contributed by atoms with Crippen molar-refractivity contribution < 1.29 is 9.53 Å². The van der Waals surface area contributed by atoms with Crippen molar-refractivity contribution in [1.82, 2.24) is 30.7 Å². The minimum Gasteiger partial charge on any atom is -0.444 e. The highest BCUT2D eigenvalue weighted by Crippen LogP contribution is 2.10. The number of halogens is 1. The molecule has 0 aliphatic rings. The van der Waals surface area contributed by atoms with Gasteiger partial charge in [-0.05, 0) is 59.2 Å². The molecule has 3 N–H and O–H groups in total. The van der Waals surface area contributed by atoms with Gasteiger partial charge in [-0.25, -0.2) is 19.5 Å². The summed E-state index contributed by atoms with van der Waals surface area (Å²) in [5, 5.41) is 13.5. The third-order valence-corrected chi connectivity index (χ3v) is 3.89. The normalized spacial score (nSPS) is 11.5. The second kappa shape index (κ2) is 12.5. The molecule has 0 saturated heterocycles. The zero-order chi connectivity index (χ0) is 22.1. The number of nitrogens with one attached hydrogen (secondary N) is 3. The summed E-state index contributed by atoms with van der Waals surface area (Å²) in [6.45, 7) is 13.6. The van der Waals surface area contributed by atoms with Gasteiger partial charge in [-0.3, -0.25) is 0 Å². The molecule has 172 valence electrons. The molecule has 0 spiro atoms. The molecule has 10 heteroatoms. The number of ether oxygens (including phenoxy) is 1. The first-order valence-electron chi connectivity index (χ1n) is 10.2. The van der Waals surface area contributed by atoms with Crippen LogP contribution in [0.25, 0.3) is 5.82 Å². The Morgan fingerprint density at radius 3 is 2.42 bits per heavy atom. The molecule has 0 aliphatic carbocycles. The third kappa shape index (κ3) is 9.53. The number of aromatic nitrogens is 3. The molecular formula is C21H34IN7O2. The number of aryl methyl sites for hydroxylation is 2. The second-order valence-corrected chi connectivity index (χ2v) is 7.91. The Kier molecular flexibility index (Phi) is 10.7. The number of nitrogens with zero attached hydrogens (tertiary/aromatic N) is 4. The van der Waals surface area contributed by atoms with E-state index in [0.29, 0.717) is 25.6 Å². The van der Waals surface area contributed by atoms with E-state index in [0.717, 1.165) is 29.3 Å². The molecule has 31 heavy (non-hydrogen) atoms. The van der Waals surface area contributed by atoms with Gasteiger partial charge in [-0.1, -0.05) is 6.07 Å². The summed E-state index contributed by atoms with van der Waals surface area (Å²) in [6.07, 6.45) is 1.38. The maximum atomic E-state index is 11.7. The first-order chi connectivity index (χ1) is 14.2. The molecule has 0 bridgehead atoms. The van der Waals surface area contributed by atoms with Gasteiger partial charge in [-0.15, -0.1) is 24.0 Å². The van der Waals surface area contributed by atoms with E-state index in [2.05, 4.69) is 31.0 Å². The van der Waals surface area contributed by atoms with Crippen LogP contribution in [0.2, 0.25) is 0 Å². The largest absolute Gasteiger partial charge is 0.444 e. The summed E-state index contributed by atoms with van der Waals surface area (Å²) < 4.78 is 7.04. The molecule has 0 aromatic carbocycles. The fraction of sp³-hybridized carbons (Fsp3) is 0.524. The zero-order valence-corrected chi connectivity index (χ0v) is 21.5. The number of hydrogen-bond acceptors (Lipinski definition) is 5. The number of alkyl carbamates (subject to hydrolysis) is 1. The highest BCUT2D eigenvalue weighted by Gasteiger charge is 2.15. The number of amides is 1. The van der Waals surface area contributed by atoms with E-state index in [1.807, 2.05) is 70.6 Å². The molecule has 0 unspecified atom stereocenters. The Morgan fingerprint density at radius 2 is 1.87 bits per heavy atom. The molecular weight excluding hydrogens is 509 g/mol. The Labute approximate surface area is 201 Å². The number of carbonyl (C=O) groups is 1. The van der Waals surface area contributed by atoms with Gasteiger partial charge in [0.05, 0.1) is 12.2 Å². The third-order valence-electron chi connectivity index (χ3n) is 3.89. The van der Waals surface area contributed by atoms with Crippen molar-refractivity contribution in [2.75, 3.05) is 19.6 Å². The number of carbonyl (C=O) groups excluding carboxylic acids is 1. The Hall–Kier alpha value is -2.37. The van der Waals surface area contributed by atoms with E-state index in [1.165, 1.54) is 0 Å². The molecule has 2 aromatic heterocycles.